The van der Waals surface area contributed by atoms with Gasteiger partial charge in [0.25, 0.3) is 0 Å². The van der Waals surface area contributed by atoms with Gasteiger partial charge in [-0.2, -0.15) is 31.9 Å². The third-order valence-corrected chi connectivity index (χ3v) is 6.29. The van der Waals surface area contributed by atoms with Crippen molar-refractivity contribution in [2.24, 2.45) is 0 Å². The second-order valence-corrected chi connectivity index (χ2v) is 8.86. The van der Waals surface area contributed by atoms with E-state index in [1.54, 1.807) is 4.90 Å². The molecule has 4 rings (SSSR count). The van der Waals surface area contributed by atoms with E-state index in [1.165, 1.54) is 11.3 Å². The standard InChI is InChI=1S/C19H21F5N6O3S/c1-2-3-11-6-12-14(25-17(26-15(12)34-11)33-9-10(32)8-31)29-4-5-30-13(7-29)27-28-16(30)18(20,21)19(22,23)24/h6,10,31-32H,2-5,7-9H2,1H3. The van der Waals surface area contributed by atoms with Crippen LogP contribution in [0.4, 0.5) is 27.8 Å². The van der Waals surface area contributed by atoms with Crippen molar-refractivity contribution in [3.63, 3.8) is 0 Å². The van der Waals surface area contributed by atoms with Gasteiger partial charge in [-0.15, -0.1) is 21.5 Å². The number of aliphatic hydroxyl groups excluding tert-OH is 2. The Kier molecular flexibility index (Phi) is 6.61. The van der Waals surface area contributed by atoms with Gasteiger partial charge in [0.05, 0.1) is 18.5 Å². The van der Waals surface area contributed by atoms with Gasteiger partial charge < -0.3 is 24.4 Å². The van der Waals surface area contributed by atoms with E-state index in [0.717, 1.165) is 22.3 Å². The highest BCUT2D eigenvalue weighted by Gasteiger charge is 2.62. The van der Waals surface area contributed by atoms with Gasteiger partial charge in [0.2, 0.25) is 5.82 Å². The molecule has 2 N–H and O–H groups in total. The first-order chi connectivity index (χ1) is 16.0. The zero-order valence-electron chi connectivity index (χ0n) is 17.9. The van der Waals surface area contributed by atoms with Crippen LogP contribution in [-0.2, 0) is 25.4 Å². The summed E-state index contributed by atoms with van der Waals surface area (Å²) in [6.45, 7) is 1.01. The van der Waals surface area contributed by atoms with Gasteiger partial charge in [0.1, 0.15) is 23.4 Å². The van der Waals surface area contributed by atoms with Gasteiger partial charge in [-0.05, 0) is 12.5 Å². The van der Waals surface area contributed by atoms with Crippen LogP contribution in [0.2, 0.25) is 0 Å². The van der Waals surface area contributed by atoms with Crippen LogP contribution in [0.5, 0.6) is 6.01 Å². The minimum absolute atomic E-state index is 0.0564. The van der Waals surface area contributed by atoms with Crippen LogP contribution in [-0.4, -0.2) is 67.0 Å². The smallest absolute Gasteiger partial charge is 0.461 e. The average Bonchev–Trinajstić information content (AvgIpc) is 3.39. The van der Waals surface area contributed by atoms with Crippen molar-refractivity contribution in [2.45, 2.75) is 51.1 Å². The van der Waals surface area contributed by atoms with E-state index < -0.39 is 30.6 Å². The number of hydrogen-bond acceptors (Lipinski definition) is 9. The molecule has 0 bridgehead atoms. The van der Waals surface area contributed by atoms with Crippen LogP contribution in [0, 0.1) is 0 Å². The van der Waals surface area contributed by atoms with Gasteiger partial charge in [0.15, 0.2) is 5.82 Å². The number of aromatic nitrogens is 5. The summed E-state index contributed by atoms with van der Waals surface area (Å²) in [5.74, 6) is -6.22. The molecule has 0 amide bonds. The number of rotatable bonds is 8. The molecular weight excluding hydrogens is 487 g/mol. The first-order valence-corrected chi connectivity index (χ1v) is 11.2. The molecule has 186 valence electrons. The van der Waals surface area contributed by atoms with Crippen LogP contribution < -0.4 is 9.64 Å². The average molecular weight is 508 g/mol. The molecule has 15 heteroatoms. The molecule has 9 nitrogen and oxygen atoms in total. The van der Waals surface area contributed by atoms with E-state index >= 15 is 0 Å². The summed E-state index contributed by atoms with van der Waals surface area (Å²) >= 11 is 1.42. The Hall–Kier alpha value is -2.65. The Labute approximate surface area is 193 Å². The first kappa shape index (κ1) is 24.5. The lowest BCUT2D eigenvalue weighted by molar-refractivity contribution is -0.293. The van der Waals surface area contributed by atoms with Crippen molar-refractivity contribution < 1.29 is 36.9 Å². The predicted molar refractivity (Wildman–Crippen MR) is 111 cm³/mol. The van der Waals surface area contributed by atoms with E-state index in [4.69, 9.17) is 9.84 Å². The minimum Gasteiger partial charge on any atom is -0.461 e. The second kappa shape index (κ2) is 9.19. The molecule has 3 aromatic heterocycles. The molecule has 0 saturated carbocycles. The molecule has 0 aromatic carbocycles. The van der Waals surface area contributed by atoms with Crippen LogP contribution >= 0.6 is 11.3 Å². The maximum Gasteiger partial charge on any atom is 0.461 e. The first-order valence-electron chi connectivity index (χ1n) is 10.4. The van der Waals surface area contributed by atoms with E-state index in [-0.39, 0.29) is 38.1 Å². The Morgan fingerprint density at radius 1 is 1.18 bits per heavy atom. The number of ether oxygens (including phenoxy) is 1. The fourth-order valence-electron chi connectivity index (χ4n) is 3.53. The van der Waals surface area contributed by atoms with Crippen LogP contribution in [0.3, 0.4) is 0 Å². The number of hydrogen-bond donors (Lipinski definition) is 2. The molecule has 0 aliphatic carbocycles. The van der Waals surface area contributed by atoms with Crippen molar-refractivity contribution in [3.8, 4) is 6.01 Å². The highest BCUT2D eigenvalue weighted by molar-refractivity contribution is 7.18. The van der Waals surface area contributed by atoms with Gasteiger partial charge in [0, 0.05) is 18.0 Å². The number of anilines is 1. The summed E-state index contributed by atoms with van der Waals surface area (Å²) in [4.78, 5) is 12.1. The molecule has 3 aromatic rings. The highest BCUT2D eigenvalue weighted by Crippen LogP contribution is 2.43. The molecular formula is C19H21F5N6O3S. The van der Waals surface area contributed by atoms with Crippen LogP contribution in [0.1, 0.15) is 29.9 Å². The minimum atomic E-state index is -5.79. The summed E-state index contributed by atoms with van der Waals surface area (Å²) in [5, 5.41) is 25.9. The Morgan fingerprint density at radius 2 is 1.94 bits per heavy atom. The van der Waals surface area contributed by atoms with E-state index in [9.17, 15) is 27.1 Å². The largest absolute Gasteiger partial charge is 0.461 e. The molecule has 1 atom stereocenters. The zero-order chi connectivity index (χ0) is 24.7. The molecule has 34 heavy (non-hydrogen) atoms. The monoisotopic (exact) mass is 508 g/mol. The number of aliphatic hydroxyl groups is 2. The van der Waals surface area contributed by atoms with Crippen molar-refractivity contribution in [3.05, 3.63) is 22.6 Å². The highest BCUT2D eigenvalue weighted by atomic mass is 32.1. The lowest BCUT2D eigenvalue weighted by Crippen LogP contribution is -2.40. The normalized spacial score (nSPS) is 15.6. The van der Waals surface area contributed by atoms with Crippen molar-refractivity contribution in [1.29, 1.82) is 0 Å². The number of thiophene rings is 1. The topological polar surface area (TPSA) is 109 Å². The number of aryl methyl sites for hydroxylation is 1. The summed E-state index contributed by atoms with van der Waals surface area (Å²) in [5.41, 5.74) is 0. The molecule has 0 fully saturated rings. The van der Waals surface area contributed by atoms with Crippen LogP contribution in [0.25, 0.3) is 10.2 Å². The molecule has 1 unspecified atom stereocenters. The Balaban J connectivity index is 1.68. The SMILES string of the molecule is CCCc1cc2c(N3CCn4c(nnc4C(F)(F)C(F)(F)F)C3)nc(OCC(O)CO)nc2s1. The van der Waals surface area contributed by atoms with Gasteiger partial charge >= 0.3 is 18.1 Å². The predicted octanol–water partition coefficient (Wildman–Crippen LogP) is 2.64. The third-order valence-electron chi connectivity index (χ3n) is 5.20. The number of fused-ring (bicyclic) bond motifs is 2. The summed E-state index contributed by atoms with van der Waals surface area (Å²) < 4.78 is 72.5. The summed E-state index contributed by atoms with van der Waals surface area (Å²) in [6.07, 6.45) is -5.23. The number of halogens is 5. The van der Waals surface area contributed by atoms with E-state index in [1.807, 2.05) is 13.0 Å². The molecule has 4 heterocycles. The van der Waals surface area contributed by atoms with Gasteiger partial charge in [-0.3, -0.25) is 0 Å². The lowest BCUT2D eigenvalue weighted by atomic mass is 10.2. The third kappa shape index (κ3) is 4.51. The van der Waals surface area contributed by atoms with Crippen molar-refractivity contribution in [1.82, 2.24) is 24.7 Å². The summed E-state index contributed by atoms with van der Waals surface area (Å²) in [6, 6.07) is 1.85. The summed E-state index contributed by atoms with van der Waals surface area (Å²) in [7, 11) is 0. The molecule has 1 aliphatic rings. The zero-order valence-corrected chi connectivity index (χ0v) is 18.7. The maximum absolute atomic E-state index is 13.9. The van der Waals surface area contributed by atoms with Crippen molar-refractivity contribution in [2.75, 3.05) is 24.7 Å². The van der Waals surface area contributed by atoms with Crippen LogP contribution in [0.15, 0.2) is 6.07 Å². The molecule has 0 spiro atoms. The number of nitrogens with zero attached hydrogens (tertiary/aromatic N) is 6. The van der Waals surface area contributed by atoms with E-state index in [0.29, 0.717) is 16.0 Å². The van der Waals surface area contributed by atoms with Gasteiger partial charge in [-0.25, -0.2) is 0 Å². The Bertz CT molecular complexity index is 1170. The lowest BCUT2D eigenvalue weighted by Gasteiger charge is -2.30. The fraction of sp³-hybridized carbons (Fsp3) is 0.579. The second-order valence-electron chi connectivity index (χ2n) is 7.74. The molecule has 0 saturated heterocycles. The van der Waals surface area contributed by atoms with Gasteiger partial charge in [-0.1, -0.05) is 13.3 Å². The maximum atomic E-state index is 13.9. The van der Waals surface area contributed by atoms with E-state index in [2.05, 4.69) is 20.2 Å². The fourth-order valence-corrected chi connectivity index (χ4v) is 4.65. The molecule has 1 aliphatic heterocycles. The Morgan fingerprint density at radius 3 is 2.62 bits per heavy atom. The molecule has 0 radical (unpaired) electrons. The quantitative estimate of drug-likeness (QED) is 0.447. The van der Waals surface area contributed by atoms with Crippen molar-refractivity contribution >= 4 is 27.4 Å². The number of alkyl halides is 5.